The van der Waals surface area contributed by atoms with Gasteiger partial charge in [0.1, 0.15) is 6.04 Å². The number of hydrogen-bond donors (Lipinski definition) is 2. The van der Waals surface area contributed by atoms with Gasteiger partial charge in [0.25, 0.3) is 11.8 Å². The van der Waals surface area contributed by atoms with Gasteiger partial charge < -0.3 is 10.5 Å². The summed E-state index contributed by atoms with van der Waals surface area (Å²) in [5, 5.41) is 2.22. The van der Waals surface area contributed by atoms with Crippen LogP contribution in [-0.2, 0) is 20.9 Å². The molecular formula is C24H30N4O5. The van der Waals surface area contributed by atoms with Gasteiger partial charge in [-0.05, 0) is 62.3 Å². The largest absolute Gasteiger partial charge is 0.378 e. The number of fused-ring (bicyclic) bond motifs is 1. The average molecular weight is 455 g/mol. The van der Waals surface area contributed by atoms with Crippen molar-refractivity contribution in [2.75, 3.05) is 19.7 Å². The summed E-state index contributed by atoms with van der Waals surface area (Å²) >= 11 is 0. The zero-order chi connectivity index (χ0) is 23.1. The lowest BCUT2D eigenvalue weighted by Crippen LogP contribution is -2.54. The molecule has 4 aliphatic rings. The molecule has 0 aromatic heterocycles. The second-order valence-corrected chi connectivity index (χ2v) is 9.66. The Morgan fingerprint density at radius 2 is 1.88 bits per heavy atom. The Bertz CT molecular complexity index is 995. The molecule has 4 unspecified atom stereocenters. The van der Waals surface area contributed by atoms with E-state index in [0.29, 0.717) is 23.6 Å². The highest BCUT2D eigenvalue weighted by Gasteiger charge is 2.44. The van der Waals surface area contributed by atoms with Crippen molar-refractivity contribution in [3.8, 4) is 0 Å². The van der Waals surface area contributed by atoms with Crippen LogP contribution in [0.3, 0.4) is 0 Å². The zero-order valence-corrected chi connectivity index (χ0v) is 18.6. The first kappa shape index (κ1) is 22.2. The smallest absolute Gasteiger partial charge is 0.262 e. The molecule has 4 atom stereocenters. The summed E-state index contributed by atoms with van der Waals surface area (Å²) in [7, 11) is 0. The normalized spacial score (nSPS) is 31.0. The summed E-state index contributed by atoms with van der Waals surface area (Å²) in [5.41, 5.74) is 7.75. The quantitative estimate of drug-likeness (QED) is 0.646. The molecule has 1 aromatic rings. The first-order chi connectivity index (χ1) is 15.9. The third-order valence-electron chi connectivity index (χ3n) is 7.33. The third-order valence-corrected chi connectivity index (χ3v) is 7.33. The van der Waals surface area contributed by atoms with Gasteiger partial charge in [0, 0.05) is 32.2 Å². The summed E-state index contributed by atoms with van der Waals surface area (Å²) in [5.74, 6) is -1.46. The lowest BCUT2D eigenvalue weighted by Gasteiger charge is -2.39. The number of nitrogens with zero attached hydrogens (tertiary/aromatic N) is 2. The van der Waals surface area contributed by atoms with E-state index in [1.807, 2.05) is 6.07 Å². The molecule has 0 aliphatic carbocycles. The number of ether oxygens (including phenoxy) is 1. The van der Waals surface area contributed by atoms with E-state index in [1.54, 1.807) is 12.1 Å². The highest BCUT2D eigenvalue weighted by atomic mass is 16.5. The van der Waals surface area contributed by atoms with E-state index in [9.17, 15) is 19.2 Å². The minimum absolute atomic E-state index is 0.112. The number of carbonyl (C=O) groups is 4. The number of benzene rings is 1. The van der Waals surface area contributed by atoms with E-state index in [4.69, 9.17) is 10.5 Å². The molecule has 3 saturated heterocycles. The van der Waals surface area contributed by atoms with Crippen molar-refractivity contribution in [1.82, 2.24) is 15.1 Å². The van der Waals surface area contributed by atoms with Gasteiger partial charge in [0.2, 0.25) is 11.8 Å². The SMILES string of the molecule is NC1CCOC(C2CCCN(Cc3ccc4c(c3)C(=O)N(C3CCC(=O)NC3=O)C4=O)C2)C1. The maximum Gasteiger partial charge on any atom is 0.262 e. The topological polar surface area (TPSA) is 122 Å². The monoisotopic (exact) mass is 454 g/mol. The van der Waals surface area contributed by atoms with Crippen molar-refractivity contribution in [3.05, 3.63) is 34.9 Å². The molecule has 0 saturated carbocycles. The maximum absolute atomic E-state index is 13.1. The van der Waals surface area contributed by atoms with E-state index in [1.165, 1.54) is 0 Å². The lowest BCUT2D eigenvalue weighted by molar-refractivity contribution is -0.136. The van der Waals surface area contributed by atoms with Crippen LogP contribution in [0.25, 0.3) is 0 Å². The summed E-state index contributed by atoms with van der Waals surface area (Å²) in [6.45, 7) is 3.31. The van der Waals surface area contributed by atoms with E-state index in [-0.39, 0.29) is 30.9 Å². The molecule has 0 bridgehead atoms. The Morgan fingerprint density at radius 3 is 2.67 bits per heavy atom. The Balaban J connectivity index is 1.27. The Kier molecular flexibility index (Phi) is 6.03. The van der Waals surface area contributed by atoms with E-state index in [2.05, 4.69) is 10.2 Å². The van der Waals surface area contributed by atoms with Crippen LogP contribution in [0.5, 0.6) is 0 Å². The number of imide groups is 2. The van der Waals surface area contributed by atoms with Crippen molar-refractivity contribution in [2.24, 2.45) is 11.7 Å². The van der Waals surface area contributed by atoms with Gasteiger partial charge in [-0.25, -0.2) is 0 Å². The van der Waals surface area contributed by atoms with E-state index < -0.39 is 23.8 Å². The number of amides is 4. The summed E-state index contributed by atoms with van der Waals surface area (Å²) in [6.07, 6.45) is 4.52. The molecular weight excluding hydrogens is 424 g/mol. The van der Waals surface area contributed by atoms with Gasteiger partial charge >= 0.3 is 0 Å². The van der Waals surface area contributed by atoms with Crippen LogP contribution in [0.4, 0.5) is 0 Å². The van der Waals surface area contributed by atoms with Crippen molar-refractivity contribution in [1.29, 1.82) is 0 Å². The Morgan fingerprint density at radius 1 is 1.06 bits per heavy atom. The van der Waals surface area contributed by atoms with Gasteiger partial charge in [-0.3, -0.25) is 34.3 Å². The first-order valence-corrected chi connectivity index (χ1v) is 11.8. The highest BCUT2D eigenvalue weighted by Crippen LogP contribution is 2.31. The van der Waals surface area contributed by atoms with Crippen LogP contribution in [0.15, 0.2) is 18.2 Å². The van der Waals surface area contributed by atoms with Gasteiger partial charge in [0.05, 0.1) is 17.2 Å². The van der Waals surface area contributed by atoms with E-state index in [0.717, 1.165) is 55.8 Å². The molecule has 4 aliphatic heterocycles. The van der Waals surface area contributed by atoms with Crippen LogP contribution in [0.2, 0.25) is 0 Å². The van der Waals surface area contributed by atoms with Crippen LogP contribution >= 0.6 is 0 Å². The van der Waals surface area contributed by atoms with Gasteiger partial charge in [-0.15, -0.1) is 0 Å². The van der Waals surface area contributed by atoms with Crippen molar-refractivity contribution < 1.29 is 23.9 Å². The highest BCUT2D eigenvalue weighted by molar-refractivity contribution is 6.23. The van der Waals surface area contributed by atoms with Crippen LogP contribution in [-0.4, -0.2) is 71.3 Å². The van der Waals surface area contributed by atoms with Crippen molar-refractivity contribution in [3.63, 3.8) is 0 Å². The molecule has 4 amide bonds. The van der Waals surface area contributed by atoms with Gasteiger partial charge in [-0.1, -0.05) is 6.07 Å². The molecule has 0 spiro atoms. The molecule has 3 fully saturated rings. The molecule has 9 nitrogen and oxygen atoms in total. The summed E-state index contributed by atoms with van der Waals surface area (Å²) in [6, 6.07) is 4.61. The minimum Gasteiger partial charge on any atom is -0.378 e. The number of hydrogen-bond acceptors (Lipinski definition) is 7. The summed E-state index contributed by atoms with van der Waals surface area (Å²) in [4.78, 5) is 53.0. The fraction of sp³-hybridized carbons (Fsp3) is 0.583. The third kappa shape index (κ3) is 4.32. The average Bonchev–Trinajstić information content (AvgIpc) is 3.04. The number of likely N-dealkylation sites (tertiary alicyclic amines) is 1. The van der Waals surface area contributed by atoms with Crippen LogP contribution in [0.1, 0.15) is 64.8 Å². The minimum atomic E-state index is -0.941. The molecule has 176 valence electrons. The fourth-order valence-electron chi connectivity index (χ4n) is 5.60. The van der Waals surface area contributed by atoms with E-state index >= 15 is 0 Å². The maximum atomic E-state index is 13.1. The number of nitrogens with one attached hydrogen (secondary N) is 1. The lowest BCUT2D eigenvalue weighted by atomic mass is 9.87. The number of piperidine rings is 2. The summed E-state index contributed by atoms with van der Waals surface area (Å²) < 4.78 is 6.01. The molecule has 9 heteroatoms. The second-order valence-electron chi connectivity index (χ2n) is 9.66. The molecule has 0 radical (unpaired) electrons. The molecule has 3 N–H and O–H groups in total. The number of rotatable bonds is 4. The standard InChI is InChI=1S/C24H30N4O5/c25-16-7-9-33-20(11-16)15-2-1-8-27(13-15)12-14-3-4-17-18(10-14)24(32)28(23(17)31)19-5-6-21(29)26-22(19)30/h3-4,10,15-16,19-20H,1-2,5-9,11-13,25H2,(H,26,29,30). The molecule has 4 heterocycles. The predicted octanol–water partition coefficient (Wildman–Crippen LogP) is 0.806. The van der Waals surface area contributed by atoms with Crippen molar-refractivity contribution in [2.45, 2.75) is 63.3 Å². The second kappa shape index (κ2) is 8.96. The molecule has 5 rings (SSSR count). The van der Waals surface area contributed by atoms with Gasteiger partial charge in [-0.2, -0.15) is 0 Å². The zero-order valence-electron chi connectivity index (χ0n) is 18.6. The van der Waals surface area contributed by atoms with Crippen LogP contribution < -0.4 is 11.1 Å². The fourth-order valence-corrected chi connectivity index (χ4v) is 5.60. The van der Waals surface area contributed by atoms with Crippen LogP contribution in [0, 0.1) is 5.92 Å². The van der Waals surface area contributed by atoms with Crippen molar-refractivity contribution >= 4 is 23.6 Å². The number of nitrogens with two attached hydrogens (primary N) is 1. The number of carbonyl (C=O) groups excluding carboxylic acids is 4. The Labute approximate surface area is 192 Å². The Hall–Kier alpha value is -2.62. The molecule has 33 heavy (non-hydrogen) atoms. The predicted molar refractivity (Wildman–Crippen MR) is 118 cm³/mol. The first-order valence-electron chi connectivity index (χ1n) is 11.8. The van der Waals surface area contributed by atoms with Gasteiger partial charge in [0.15, 0.2) is 0 Å². The molecule has 1 aromatic carbocycles.